The molecule has 3 aliphatic rings. The molecule has 110 valence electrons. The van der Waals surface area contributed by atoms with Crippen LogP contribution in [-0.2, 0) is 5.54 Å². The van der Waals surface area contributed by atoms with Crippen molar-refractivity contribution >= 4 is 0 Å². The highest BCUT2D eigenvalue weighted by Gasteiger charge is 2.61. The van der Waals surface area contributed by atoms with Gasteiger partial charge in [-0.2, -0.15) is 10.2 Å². The Morgan fingerprint density at radius 1 is 0.773 bits per heavy atom. The molecular formula is C20H20N2. The summed E-state index contributed by atoms with van der Waals surface area (Å²) in [4.78, 5) is 0. The van der Waals surface area contributed by atoms with Crippen LogP contribution in [0.1, 0.15) is 30.4 Å². The van der Waals surface area contributed by atoms with Crippen LogP contribution in [0.3, 0.4) is 0 Å². The van der Waals surface area contributed by atoms with Crippen LogP contribution in [0.2, 0.25) is 0 Å². The molecule has 1 heterocycles. The lowest BCUT2D eigenvalue weighted by Gasteiger charge is -2.37. The second-order valence-electron chi connectivity index (χ2n) is 7.06. The maximum Gasteiger partial charge on any atom is 0.136 e. The molecule has 22 heavy (non-hydrogen) atoms. The van der Waals surface area contributed by atoms with Crippen LogP contribution in [-0.4, -0.2) is 6.04 Å². The minimum atomic E-state index is -0.257. The number of nitrogens with zero attached hydrogens (tertiary/aromatic N) is 2. The lowest BCUT2D eigenvalue weighted by atomic mass is 9.66. The van der Waals surface area contributed by atoms with Crippen molar-refractivity contribution in [1.29, 1.82) is 0 Å². The van der Waals surface area contributed by atoms with Crippen LogP contribution in [0.5, 0.6) is 0 Å². The summed E-state index contributed by atoms with van der Waals surface area (Å²) in [5.41, 5.74) is 2.36. The van der Waals surface area contributed by atoms with E-state index in [2.05, 4.69) is 60.7 Å². The van der Waals surface area contributed by atoms with Crippen molar-refractivity contribution in [3.8, 4) is 0 Å². The molecule has 2 nitrogen and oxygen atoms in total. The molecule has 2 heteroatoms. The van der Waals surface area contributed by atoms with Gasteiger partial charge in [0.15, 0.2) is 0 Å². The van der Waals surface area contributed by atoms with Gasteiger partial charge in [-0.15, -0.1) is 0 Å². The minimum absolute atomic E-state index is 0.257. The van der Waals surface area contributed by atoms with Crippen LogP contribution < -0.4 is 0 Å². The molecule has 1 aliphatic heterocycles. The van der Waals surface area contributed by atoms with E-state index < -0.39 is 0 Å². The molecular weight excluding hydrogens is 268 g/mol. The first-order valence-corrected chi connectivity index (χ1v) is 8.42. The molecule has 0 saturated heterocycles. The molecule has 0 radical (unpaired) electrons. The van der Waals surface area contributed by atoms with Crippen LogP contribution in [0.4, 0.5) is 0 Å². The molecule has 2 bridgehead atoms. The van der Waals surface area contributed by atoms with E-state index in [0.717, 1.165) is 11.8 Å². The SMILES string of the molecule is c1ccc(C2(c3ccccc3)N=NC3C4CCC(C4)C32)cc1. The topological polar surface area (TPSA) is 24.7 Å². The van der Waals surface area contributed by atoms with E-state index >= 15 is 0 Å². The van der Waals surface area contributed by atoms with Gasteiger partial charge in [-0.05, 0) is 42.2 Å². The fourth-order valence-electron chi connectivity index (χ4n) is 5.29. The number of hydrogen-bond acceptors (Lipinski definition) is 2. The van der Waals surface area contributed by atoms with Gasteiger partial charge in [-0.3, -0.25) is 0 Å². The summed E-state index contributed by atoms with van der Waals surface area (Å²) in [5.74, 6) is 2.11. The van der Waals surface area contributed by atoms with Gasteiger partial charge in [0.2, 0.25) is 0 Å². The zero-order valence-electron chi connectivity index (χ0n) is 12.6. The maximum atomic E-state index is 4.96. The number of azo groups is 1. The van der Waals surface area contributed by atoms with Gasteiger partial charge in [0.05, 0.1) is 6.04 Å². The Kier molecular flexibility index (Phi) is 2.58. The van der Waals surface area contributed by atoms with E-state index in [4.69, 9.17) is 10.2 Å². The Bertz CT molecular complexity index is 668. The lowest BCUT2D eigenvalue weighted by molar-refractivity contribution is 0.236. The second kappa shape index (κ2) is 4.52. The standard InChI is InChI=1S/C20H20N2/c1-3-7-16(8-4-1)20(17-9-5-2-6-10-17)18-14-11-12-15(13-14)19(18)21-22-20/h1-10,14-15,18-19H,11-13H2. The summed E-state index contributed by atoms with van der Waals surface area (Å²) < 4.78 is 0. The summed E-state index contributed by atoms with van der Waals surface area (Å²) in [7, 11) is 0. The molecule has 0 N–H and O–H groups in total. The number of rotatable bonds is 2. The fourth-order valence-corrected chi connectivity index (χ4v) is 5.29. The zero-order chi connectivity index (χ0) is 14.6. The van der Waals surface area contributed by atoms with Crippen molar-refractivity contribution < 1.29 is 0 Å². The lowest BCUT2D eigenvalue weighted by Crippen LogP contribution is -2.39. The Morgan fingerprint density at radius 3 is 2.00 bits per heavy atom. The third-order valence-corrected chi connectivity index (χ3v) is 6.13. The molecule has 2 aromatic carbocycles. The highest BCUT2D eigenvalue weighted by molar-refractivity contribution is 5.42. The van der Waals surface area contributed by atoms with Crippen LogP contribution >= 0.6 is 0 Å². The normalized spacial score (nSPS) is 34.0. The number of hydrogen-bond donors (Lipinski definition) is 0. The van der Waals surface area contributed by atoms with Gasteiger partial charge in [0, 0.05) is 5.92 Å². The van der Waals surface area contributed by atoms with Crippen molar-refractivity contribution in [2.24, 2.45) is 28.0 Å². The smallest absolute Gasteiger partial charge is 0.136 e. The van der Waals surface area contributed by atoms with E-state index in [1.165, 1.54) is 30.4 Å². The summed E-state index contributed by atoms with van der Waals surface area (Å²) in [6.45, 7) is 0. The average Bonchev–Trinajstić information content (AvgIpc) is 3.29. The predicted molar refractivity (Wildman–Crippen MR) is 86.6 cm³/mol. The molecule has 0 aromatic heterocycles. The molecule has 4 unspecified atom stereocenters. The van der Waals surface area contributed by atoms with E-state index in [1.54, 1.807) is 0 Å². The molecule has 2 aliphatic carbocycles. The maximum absolute atomic E-state index is 4.96. The Labute approximate surface area is 131 Å². The summed E-state index contributed by atoms with van der Waals surface area (Å²) in [6, 6.07) is 22.1. The Hall–Kier alpha value is -1.96. The first-order valence-electron chi connectivity index (χ1n) is 8.42. The first-order chi connectivity index (χ1) is 10.9. The van der Waals surface area contributed by atoms with Crippen molar-refractivity contribution in [1.82, 2.24) is 0 Å². The van der Waals surface area contributed by atoms with E-state index in [0.29, 0.717) is 12.0 Å². The predicted octanol–water partition coefficient (Wildman–Crippen LogP) is 4.81. The minimum Gasteiger partial charge on any atom is -0.189 e. The quantitative estimate of drug-likeness (QED) is 0.757. The fraction of sp³-hybridized carbons (Fsp3) is 0.400. The van der Waals surface area contributed by atoms with Crippen molar-refractivity contribution in [2.75, 3.05) is 0 Å². The van der Waals surface area contributed by atoms with E-state index in [1.807, 2.05) is 0 Å². The molecule has 2 saturated carbocycles. The molecule has 0 spiro atoms. The largest absolute Gasteiger partial charge is 0.189 e. The molecule has 0 amide bonds. The van der Waals surface area contributed by atoms with Gasteiger partial charge in [0.25, 0.3) is 0 Å². The highest BCUT2D eigenvalue weighted by Crippen LogP contribution is 2.62. The highest BCUT2D eigenvalue weighted by atomic mass is 15.2. The van der Waals surface area contributed by atoms with Crippen LogP contribution in [0, 0.1) is 17.8 Å². The van der Waals surface area contributed by atoms with Gasteiger partial charge >= 0.3 is 0 Å². The number of benzene rings is 2. The molecule has 2 aromatic rings. The third-order valence-electron chi connectivity index (χ3n) is 6.13. The monoisotopic (exact) mass is 288 g/mol. The first kappa shape index (κ1) is 12.6. The Balaban J connectivity index is 1.73. The van der Waals surface area contributed by atoms with Crippen molar-refractivity contribution in [2.45, 2.75) is 30.8 Å². The van der Waals surface area contributed by atoms with Gasteiger partial charge in [-0.25, -0.2) is 0 Å². The van der Waals surface area contributed by atoms with Crippen molar-refractivity contribution in [3.63, 3.8) is 0 Å². The van der Waals surface area contributed by atoms with Gasteiger partial charge in [0.1, 0.15) is 5.54 Å². The van der Waals surface area contributed by atoms with Gasteiger partial charge in [-0.1, -0.05) is 60.7 Å². The molecule has 2 fully saturated rings. The third kappa shape index (κ3) is 1.50. The van der Waals surface area contributed by atoms with Gasteiger partial charge < -0.3 is 0 Å². The summed E-state index contributed by atoms with van der Waals surface area (Å²) in [5, 5.41) is 9.77. The van der Waals surface area contributed by atoms with Crippen LogP contribution in [0.25, 0.3) is 0 Å². The van der Waals surface area contributed by atoms with Crippen molar-refractivity contribution in [3.05, 3.63) is 71.8 Å². The molecule has 5 rings (SSSR count). The van der Waals surface area contributed by atoms with Crippen LogP contribution in [0.15, 0.2) is 70.9 Å². The Morgan fingerprint density at radius 2 is 1.36 bits per heavy atom. The molecule has 4 atom stereocenters. The summed E-state index contributed by atoms with van der Waals surface area (Å²) in [6.07, 6.45) is 4.07. The van der Waals surface area contributed by atoms with E-state index in [9.17, 15) is 0 Å². The summed E-state index contributed by atoms with van der Waals surface area (Å²) >= 11 is 0. The number of fused-ring (bicyclic) bond motifs is 5. The average molecular weight is 288 g/mol. The second-order valence-corrected chi connectivity index (χ2v) is 7.06. The van der Waals surface area contributed by atoms with E-state index in [-0.39, 0.29) is 5.54 Å². The zero-order valence-corrected chi connectivity index (χ0v) is 12.6.